The van der Waals surface area contributed by atoms with Crippen LogP contribution in [-0.4, -0.2) is 86.3 Å². The average Bonchev–Trinajstić information content (AvgIpc) is 3.23. The van der Waals surface area contributed by atoms with E-state index in [2.05, 4.69) is 23.6 Å². The number of hydrogen-bond donors (Lipinski definition) is 2. The van der Waals surface area contributed by atoms with Crippen LogP contribution in [0.4, 0.5) is 26.3 Å². The minimum Gasteiger partial charge on any atom is -0.348 e. The van der Waals surface area contributed by atoms with Gasteiger partial charge >= 0.3 is 24.2 Å². The number of halogens is 6. The highest BCUT2D eigenvalue weighted by Crippen LogP contribution is 2.17. The van der Waals surface area contributed by atoms with Crippen molar-refractivity contribution < 1.29 is 35.9 Å². The Labute approximate surface area is 377 Å². The topological polar surface area (TPSA) is 64.7 Å². The smallest absolute Gasteiger partial charge is 0.348 e. The second-order valence-electron chi connectivity index (χ2n) is 18.2. The van der Waals surface area contributed by atoms with Crippen LogP contribution in [0.1, 0.15) is 245 Å². The first-order chi connectivity index (χ1) is 29.9. The molecule has 0 bridgehead atoms. The molecule has 0 saturated heterocycles. The Morgan fingerprint density at radius 2 is 0.500 bits per heavy atom. The van der Waals surface area contributed by atoms with E-state index in [4.69, 9.17) is 0 Å². The van der Waals surface area contributed by atoms with Crippen LogP contribution in [0.2, 0.25) is 0 Å². The normalized spacial score (nSPS) is 12.2. The van der Waals surface area contributed by atoms with Crippen molar-refractivity contribution >= 4 is 11.8 Å². The third kappa shape index (κ3) is 42.4. The summed E-state index contributed by atoms with van der Waals surface area (Å²) in [6.45, 7) is 10.5. The first-order valence-corrected chi connectivity index (χ1v) is 26.1. The van der Waals surface area contributed by atoms with E-state index in [9.17, 15) is 35.9 Å². The highest BCUT2D eigenvalue weighted by Gasteiger charge is 2.38. The van der Waals surface area contributed by atoms with Crippen molar-refractivity contribution in [3.63, 3.8) is 0 Å². The second-order valence-corrected chi connectivity index (χ2v) is 18.2. The number of rotatable bonds is 47. The van der Waals surface area contributed by atoms with E-state index in [1.54, 1.807) is 0 Å². The van der Waals surface area contributed by atoms with Crippen LogP contribution in [0.15, 0.2) is 0 Å². The quantitative estimate of drug-likeness (QED) is 0.0472. The Morgan fingerprint density at radius 3 is 0.710 bits per heavy atom. The fraction of sp³-hybridized carbons (Fsp3) is 0.960. The summed E-state index contributed by atoms with van der Waals surface area (Å²) < 4.78 is 75.1. The van der Waals surface area contributed by atoms with Gasteiger partial charge in [0.2, 0.25) is 0 Å². The molecular weight excluding hydrogens is 803 g/mol. The predicted molar refractivity (Wildman–Crippen MR) is 249 cm³/mol. The molecule has 2 amide bonds. The van der Waals surface area contributed by atoms with E-state index < -0.39 is 24.2 Å². The zero-order valence-electron chi connectivity index (χ0n) is 40.1. The summed E-state index contributed by atoms with van der Waals surface area (Å²) in [6, 6.07) is 0. The van der Waals surface area contributed by atoms with Crippen LogP contribution in [0.3, 0.4) is 0 Å². The van der Waals surface area contributed by atoms with Gasteiger partial charge in [-0.3, -0.25) is 9.59 Å². The minimum absolute atomic E-state index is 0.0392. The Hall–Kier alpha value is -1.56. The van der Waals surface area contributed by atoms with Crippen molar-refractivity contribution in [1.29, 1.82) is 0 Å². The van der Waals surface area contributed by atoms with Crippen molar-refractivity contribution in [2.24, 2.45) is 0 Å². The van der Waals surface area contributed by atoms with Crippen molar-refractivity contribution in [3.8, 4) is 0 Å². The molecule has 0 heterocycles. The number of alkyl halides is 6. The number of unbranched alkanes of at least 4 members (excludes halogenated alkanes) is 32. The number of hydrogen-bond acceptors (Lipinski definition) is 4. The van der Waals surface area contributed by atoms with E-state index in [0.29, 0.717) is 12.8 Å². The van der Waals surface area contributed by atoms with E-state index in [-0.39, 0.29) is 13.1 Å². The van der Waals surface area contributed by atoms with Gasteiger partial charge in [0.15, 0.2) is 0 Å². The minimum atomic E-state index is -4.84. The number of nitrogens with one attached hydrogen (secondary N) is 2. The lowest BCUT2D eigenvalue weighted by Crippen LogP contribution is -2.37. The molecule has 0 saturated carbocycles. The molecule has 6 nitrogen and oxygen atoms in total. The molecule has 0 aromatic heterocycles. The van der Waals surface area contributed by atoms with Gasteiger partial charge < -0.3 is 20.4 Å². The van der Waals surface area contributed by atoms with Gasteiger partial charge in [-0.2, -0.15) is 26.3 Å². The lowest BCUT2D eigenvalue weighted by molar-refractivity contribution is -0.173. The maximum Gasteiger partial charge on any atom is 0.471 e. The van der Waals surface area contributed by atoms with E-state index in [0.717, 1.165) is 90.6 Å². The molecule has 0 aliphatic heterocycles. The Kier molecular flexibility index (Phi) is 42.2. The fourth-order valence-electron chi connectivity index (χ4n) is 8.25. The van der Waals surface area contributed by atoms with Crippen molar-refractivity contribution in [3.05, 3.63) is 0 Å². The number of carbonyl (C=O) groups excluding carboxylic acids is 2. The molecule has 62 heavy (non-hydrogen) atoms. The molecule has 0 aromatic carbocycles. The number of amides is 2. The molecule has 12 heteroatoms. The summed E-state index contributed by atoms with van der Waals surface area (Å²) in [6.07, 6.45) is 33.7. The molecule has 370 valence electrons. The predicted octanol–water partition coefficient (Wildman–Crippen LogP) is 15.0. The molecule has 0 fully saturated rings. The third-order valence-electron chi connectivity index (χ3n) is 12.3. The molecule has 0 rings (SSSR count). The Balaban J connectivity index is 4.88. The van der Waals surface area contributed by atoms with Crippen molar-refractivity contribution in [2.75, 3.05) is 52.4 Å². The van der Waals surface area contributed by atoms with Gasteiger partial charge in [-0.25, -0.2) is 0 Å². The summed E-state index contributed by atoms with van der Waals surface area (Å²) in [4.78, 5) is 27.4. The van der Waals surface area contributed by atoms with Gasteiger partial charge in [0.05, 0.1) is 0 Å². The van der Waals surface area contributed by atoms with Crippen molar-refractivity contribution in [1.82, 2.24) is 20.4 Å². The first kappa shape index (κ1) is 60.4. The summed E-state index contributed by atoms with van der Waals surface area (Å²) in [7, 11) is 0. The van der Waals surface area contributed by atoms with Crippen LogP contribution < -0.4 is 10.6 Å². The number of carbonyl (C=O) groups is 2. The maximum absolute atomic E-state index is 12.5. The number of nitrogens with zero attached hydrogens (tertiary/aromatic N) is 2. The molecule has 0 radical (unpaired) electrons. The highest BCUT2D eigenvalue weighted by molar-refractivity contribution is 5.81. The maximum atomic E-state index is 12.5. The molecule has 0 aromatic rings. The summed E-state index contributed by atoms with van der Waals surface area (Å²) in [5.74, 6) is -3.74. The lowest BCUT2D eigenvalue weighted by Gasteiger charge is -2.28. The monoisotopic (exact) mass is 899 g/mol. The Morgan fingerprint density at radius 1 is 0.306 bits per heavy atom. The molecule has 0 unspecified atom stereocenters. The van der Waals surface area contributed by atoms with Gasteiger partial charge in [-0.1, -0.05) is 206 Å². The fourth-order valence-corrected chi connectivity index (χ4v) is 8.25. The average molecular weight is 899 g/mol. The summed E-state index contributed by atoms with van der Waals surface area (Å²) in [5.41, 5.74) is 0. The van der Waals surface area contributed by atoms with Gasteiger partial charge in [-0.15, -0.1) is 0 Å². The van der Waals surface area contributed by atoms with Gasteiger partial charge in [0.1, 0.15) is 0 Å². The molecule has 0 spiro atoms. The van der Waals surface area contributed by atoms with Crippen LogP contribution in [0, 0.1) is 0 Å². The van der Waals surface area contributed by atoms with Gasteiger partial charge in [-0.05, 0) is 64.7 Å². The largest absolute Gasteiger partial charge is 0.471 e. The second kappa shape index (κ2) is 43.3. The van der Waals surface area contributed by atoms with Crippen LogP contribution in [-0.2, 0) is 9.59 Å². The van der Waals surface area contributed by atoms with Crippen LogP contribution in [0.25, 0.3) is 0 Å². The van der Waals surface area contributed by atoms with Crippen LogP contribution in [0.5, 0.6) is 0 Å². The molecule has 0 atom stereocenters. The van der Waals surface area contributed by atoms with Gasteiger partial charge in [0.25, 0.3) is 0 Å². The molecular formula is C50H96F6N4O2. The standard InChI is InChI=1S/C50H96F6N4O2/c1-3-5-7-9-11-13-15-17-19-21-23-25-29-35-41-59(43-37-31-27-33-39-57-47(61)49(51,52)53)45-46-60(44-38-32-28-34-40-58-48(62)50(54,55)56)42-36-30-26-24-22-20-18-16-14-12-10-8-6-4-2/h3-46H2,1-2H3,(H,57,61)(H,58,62). The zero-order valence-corrected chi connectivity index (χ0v) is 40.1. The molecule has 2 N–H and O–H groups in total. The summed E-state index contributed by atoms with van der Waals surface area (Å²) >= 11 is 0. The highest BCUT2D eigenvalue weighted by atomic mass is 19.4. The van der Waals surface area contributed by atoms with Crippen LogP contribution >= 0.6 is 0 Å². The Bertz CT molecular complexity index is 908. The molecule has 0 aliphatic rings. The van der Waals surface area contributed by atoms with E-state index in [1.165, 1.54) is 167 Å². The SMILES string of the molecule is CCCCCCCCCCCCCCCCN(CCCCCCNC(=O)C(F)(F)F)CCN(CCCCCCCCCCCCCCCC)CCCCCCNC(=O)C(F)(F)F. The van der Waals surface area contributed by atoms with Crippen molar-refractivity contribution in [2.45, 2.75) is 257 Å². The third-order valence-corrected chi connectivity index (χ3v) is 12.3. The molecule has 0 aliphatic carbocycles. The summed E-state index contributed by atoms with van der Waals surface area (Å²) in [5, 5.41) is 3.95. The van der Waals surface area contributed by atoms with E-state index in [1.807, 2.05) is 10.6 Å². The van der Waals surface area contributed by atoms with Gasteiger partial charge in [0, 0.05) is 26.2 Å². The zero-order chi connectivity index (χ0) is 45.8. The van der Waals surface area contributed by atoms with E-state index >= 15 is 0 Å². The first-order valence-electron chi connectivity index (χ1n) is 26.1. The lowest BCUT2D eigenvalue weighted by atomic mass is 10.0.